The van der Waals surface area contributed by atoms with Gasteiger partial charge in [-0.2, -0.15) is 0 Å². The molecule has 2 aromatic rings. The van der Waals surface area contributed by atoms with Crippen LogP contribution in [0.25, 0.3) is 10.9 Å². The summed E-state index contributed by atoms with van der Waals surface area (Å²) in [5, 5.41) is 1.24. The quantitative estimate of drug-likeness (QED) is 0.710. The number of para-hydroxylation sites is 1. The van der Waals surface area contributed by atoms with Crippen LogP contribution in [0.3, 0.4) is 0 Å². The monoisotopic (exact) mass is 241 g/mol. The van der Waals surface area contributed by atoms with E-state index in [1.165, 1.54) is 16.5 Å². The van der Waals surface area contributed by atoms with Crippen molar-refractivity contribution in [2.24, 2.45) is 0 Å². The first-order valence-corrected chi connectivity index (χ1v) is 6.50. The molecule has 2 aliphatic rings. The maximum absolute atomic E-state index is 5.84. The van der Waals surface area contributed by atoms with Gasteiger partial charge in [-0.1, -0.05) is 18.2 Å². The summed E-state index contributed by atoms with van der Waals surface area (Å²) in [4.78, 5) is 4.53. The van der Waals surface area contributed by atoms with Gasteiger partial charge in [0, 0.05) is 24.4 Å². The van der Waals surface area contributed by atoms with Crippen LogP contribution in [0.2, 0.25) is 0 Å². The molecule has 4 rings (SSSR count). The number of aryl methyl sites for hydroxylation is 1. The molecule has 92 valence electrons. The normalized spacial score (nSPS) is 21.3. The maximum atomic E-state index is 5.84. The number of fused-ring (bicyclic) bond motifs is 3. The molecule has 1 aromatic carbocycles. The zero-order valence-electron chi connectivity index (χ0n) is 10.2. The third kappa shape index (κ3) is 1.48. The molecule has 0 atom stereocenters. The fraction of sp³-hybridized carbons (Fsp3) is 0.400. The first-order valence-electron chi connectivity index (χ1n) is 6.50. The van der Waals surface area contributed by atoms with Gasteiger partial charge >= 0.3 is 0 Å². The molecule has 0 unspecified atom stereocenters. The lowest BCUT2D eigenvalue weighted by atomic mass is 9.86. The Kier molecular flexibility index (Phi) is 2.19. The highest BCUT2D eigenvalue weighted by atomic mass is 16.7. The Morgan fingerprint density at radius 3 is 2.83 bits per heavy atom. The zero-order valence-corrected chi connectivity index (χ0v) is 10.2. The molecule has 18 heavy (non-hydrogen) atoms. The molecule has 0 amide bonds. The number of ether oxygens (including phenoxy) is 2. The van der Waals surface area contributed by atoms with Crippen LogP contribution in [0.5, 0.6) is 0 Å². The molecule has 2 heterocycles. The molecule has 0 N–H and O–H groups in total. The minimum absolute atomic E-state index is 0.364. The van der Waals surface area contributed by atoms with Gasteiger partial charge in [-0.15, -0.1) is 0 Å². The van der Waals surface area contributed by atoms with Gasteiger partial charge in [0.05, 0.1) is 18.7 Å². The Bertz CT molecular complexity index is 602. The minimum Gasteiger partial charge on any atom is -0.347 e. The standard InChI is InChI=1S/C15H15NO2/c1-2-4-14-12(3-1)13-9-15(17-7-8-18-15)6-5-11(13)10-16-14/h1-4,10H,5-9H2. The highest BCUT2D eigenvalue weighted by Crippen LogP contribution is 2.37. The van der Waals surface area contributed by atoms with Crippen LogP contribution in [-0.2, 0) is 22.3 Å². The number of nitrogens with zero attached hydrogens (tertiary/aromatic N) is 1. The first kappa shape index (κ1) is 10.5. The second kappa shape index (κ2) is 3.77. The van der Waals surface area contributed by atoms with Crippen LogP contribution in [0, 0.1) is 0 Å². The van der Waals surface area contributed by atoms with Crippen molar-refractivity contribution in [1.29, 1.82) is 0 Å². The van der Waals surface area contributed by atoms with Crippen molar-refractivity contribution in [3.63, 3.8) is 0 Å². The smallest absolute Gasteiger partial charge is 0.172 e. The predicted molar refractivity (Wildman–Crippen MR) is 68.4 cm³/mol. The Morgan fingerprint density at radius 1 is 1.11 bits per heavy atom. The van der Waals surface area contributed by atoms with E-state index in [0.29, 0.717) is 0 Å². The molecular formula is C15H15NO2. The molecular weight excluding hydrogens is 226 g/mol. The van der Waals surface area contributed by atoms with E-state index in [4.69, 9.17) is 9.47 Å². The predicted octanol–water partition coefficient (Wildman–Crippen LogP) is 2.47. The fourth-order valence-corrected chi connectivity index (χ4v) is 3.09. The van der Waals surface area contributed by atoms with Gasteiger partial charge in [-0.25, -0.2) is 0 Å². The van der Waals surface area contributed by atoms with Crippen molar-refractivity contribution in [2.75, 3.05) is 13.2 Å². The van der Waals surface area contributed by atoms with Gasteiger partial charge in [0.25, 0.3) is 0 Å². The third-order valence-electron chi connectivity index (χ3n) is 4.01. The average molecular weight is 241 g/mol. The number of pyridine rings is 1. The van der Waals surface area contributed by atoms with Crippen LogP contribution in [-0.4, -0.2) is 24.0 Å². The molecule has 1 spiro atoms. The van der Waals surface area contributed by atoms with Crippen LogP contribution < -0.4 is 0 Å². The molecule has 0 saturated carbocycles. The van der Waals surface area contributed by atoms with E-state index in [1.807, 2.05) is 12.3 Å². The molecule has 1 aliphatic heterocycles. The SMILES string of the molecule is c1ccc2c3c(cnc2c1)CCC1(C3)OCCO1. The van der Waals surface area contributed by atoms with Crippen LogP contribution >= 0.6 is 0 Å². The van der Waals surface area contributed by atoms with Gasteiger partial charge in [-0.05, 0) is 23.6 Å². The summed E-state index contributed by atoms with van der Waals surface area (Å²) < 4.78 is 11.7. The van der Waals surface area contributed by atoms with Crippen molar-refractivity contribution in [1.82, 2.24) is 4.98 Å². The van der Waals surface area contributed by atoms with Crippen molar-refractivity contribution >= 4 is 10.9 Å². The van der Waals surface area contributed by atoms with Gasteiger partial charge in [-0.3, -0.25) is 4.98 Å². The fourth-order valence-electron chi connectivity index (χ4n) is 3.09. The highest BCUT2D eigenvalue weighted by molar-refractivity contribution is 5.83. The summed E-state index contributed by atoms with van der Waals surface area (Å²) in [5.74, 6) is -0.364. The molecule has 3 heteroatoms. The molecule has 3 nitrogen and oxygen atoms in total. The summed E-state index contributed by atoms with van der Waals surface area (Å²) in [5.41, 5.74) is 3.76. The summed E-state index contributed by atoms with van der Waals surface area (Å²) >= 11 is 0. The molecule has 1 aromatic heterocycles. The summed E-state index contributed by atoms with van der Waals surface area (Å²) in [6, 6.07) is 8.31. The molecule has 1 aliphatic carbocycles. The lowest BCUT2D eigenvalue weighted by molar-refractivity contribution is -0.163. The second-order valence-electron chi connectivity index (χ2n) is 5.06. The summed E-state index contributed by atoms with van der Waals surface area (Å²) in [6.07, 6.45) is 4.80. The molecule has 0 radical (unpaired) electrons. The number of rotatable bonds is 0. The Labute approximate surface area is 106 Å². The maximum Gasteiger partial charge on any atom is 0.172 e. The third-order valence-corrected chi connectivity index (χ3v) is 4.01. The van der Waals surface area contributed by atoms with Crippen molar-refractivity contribution in [2.45, 2.75) is 25.0 Å². The zero-order chi connectivity index (χ0) is 12.0. The van der Waals surface area contributed by atoms with Crippen LogP contribution in [0.1, 0.15) is 17.5 Å². The Balaban J connectivity index is 1.88. The number of hydrogen-bond donors (Lipinski definition) is 0. The molecule has 0 bridgehead atoms. The van der Waals surface area contributed by atoms with Crippen LogP contribution in [0.4, 0.5) is 0 Å². The Hall–Kier alpha value is -1.45. The first-order chi connectivity index (χ1) is 8.86. The summed E-state index contributed by atoms with van der Waals surface area (Å²) in [6.45, 7) is 1.44. The number of hydrogen-bond acceptors (Lipinski definition) is 3. The second-order valence-corrected chi connectivity index (χ2v) is 5.06. The molecule has 1 fully saturated rings. The van der Waals surface area contributed by atoms with E-state index in [9.17, 15) is 0 Å². The lowest BCUT2D eigenvalue weighted by Gasteiger charge is -2.33. The van der Waals surface area contributed by atoms with E-state index in [-0.39, 0.29) is 5.79 Å². The van der Waals surface area contributed by atoms with E-state index in [0.717, 1.165) is 38.0 Å². The van der Waals surface area contributed by atoms with Gasteiger partial charge < -0.3 is 9.47 Å². The summed E-state index contributed by atoms with van der Waals surface area (Å²) in [7, 11) is 0. The minimum atomic E-state index is -0.364. The Morgan fingerprint density at radius 2 is 1.94 bits per heavy atom. The van der Waals surface area contributed by atoms with Gasteiger partial charge in [0.2, 0.25) is 0 Å². The number of benzene rings is 1. The largest absolute Gasteiger partial charge is 0.347 e. The van der Waals surface area contributed by atoms with E-state index >= 15 is 0 Å². The topological polar surface area (TPSA) is 31.4 Å². The van der Waals surface area contributed by atoms with Gasteiger partial charge in [0.15, 0.2) is 5.79 Å². The van der Waals surface area contributed by atoms with E-state index in [1.54, 1.807) is 0 Å². The van der Waals surface area contributed by atoms with E-state index in [2.05, 4.69) is 23.2 Å². The molecule has 1 saturated heterocycles. The highest BCUT2D eigenvalue weighted by Gasteiger charge is 2.40. The average Bonchev–Trinajstić information content (AvgIpc) is 2.87. The van der Waals surface area contributed by atoms with Gasteiger partial charge in [0.1, 0.15) is 0 Å². The number of aromatic nitrogens is 1. The van der Waals surface area contributed by atoms with Crippen LogP contribution in [0.15, 0.2) is 30.5 Å². The lowest BCUT2D eigenvalue weighted by Crippen LogP contribution is -2.37. The van der Waals surface area contributed by atoms with E-state index < -0.39 is 0 Å². The van der Waals surface area contributed by atoms with Crippen molar-refractivity contribution < 1.29 is 9.47 Å². The van der Waals surface area contributed by atoms with Crippen molar-refractivity contribution in [3.05, 3.63) is 41.6 Å². The van der Waals surface area contributed by atoms with Crippen molar-refractivity contribution in [3.8, 4) is 0 Å².